The maximum Gasteiger partial charge on any atom is 0.412 e. The van der Waals surface area contributed by atoms with Crippen LogP contribution >= 0.6 is 11.8 Å². The zero-order chi connectivity index (χ0) is 25.9. The van der Waals surface area contributed by atoms with Gasteiger partial charge in [0.1, 0.15) is 10.5 Å². The Bertz CT molecular complexity index is 1200. The van der Waals surface area contributed by atoms with Crippen molar-refractivity contribution in [1.82, 2.24) is 5.32 Å². The first kappa shape index (κ1) is 25.4. The number of carbonyl (C=O) groups excluding carboxylic acids is 1. The van der Waals surface area contributed by atoms with Crippen molar-refractivity contribution < 1.29 is 14.3 Å². The molecule has 8 heteroatoms. The second-order valence-corrected chi connectivity index (χ2v) is 10.0. The summed E-state index contributed by atoms with van der Waals surface area (Å²) in [5.74, 6) is 0.774. The Balaban J connectivity index is 1.99. The van der Waals surface area contributed by atoms with Crippen molar-refractivity contribution in [3.63, 3.8) is 0 Å². The number of thioether (sulfide) groups is 1. The minimum Gasteiger partial charge on any atom is -0.494 e. The minimum atomic E-state index is -0.698. The largest absolute Gasteiger partial charge is 0.494 e. The number of nitrogens with zero attached hydrogens (tertiary/aromatic N) is 3. The lowest BCUT2D eigenvalue weighted by Crippen LogP contribution is -2.37. The minimum absolute atomic E-state index is 0.465. The predicted molar refractivity (Wildman–Crippen MR) is 149 cm³/mol. The average molecular weight is 505 g/mol. The fraction of sp³-hybridized carbons (Fsp3) is 0.286. The quantitative estimate of drug-likeness (QED) is 0.471. The van der Waals surface area contributed by atoms with Crippen molar-refractivity contribution in [3.05, 3.63) is 83.4 Å². The zero-order valence-electron chi connectivity index (χ0n) is 21.5. The molecule has 0 aliphatic carbocycles. The van der Waals surface area contributed by atoms with E-state index in [1.165, 1.54) is 18.9 Å². The Kier molecular flexibility index (Phi) is 7.45. The number of benzene rings is 3. The second-order valence-electron chi connectivity index (χ2n) is 8.81. The highest BCUT2D eigenvalue weighted by molar-refractivity contribution is 8.15. The molecule has 1 amide bonds. The number of alkyl carbamates (subject to hydrolysis) is 1. The number of fused-ring (bicyclic) bond motifs is 1. The molecule has 36 heavy (non-hydrogen) atoms. The Morgan fingerprint density at radius 1 is 0.917 bits per heavy atom. The van der Waals surface area contributed by atoms with E-state index in [2.05, 4.69) is 69.7 Å². The van der Waals surface area contributed by atoms with E-state index in [-0.39, 0.29) is 0 Å². The van der Waals surface area contributed by atoms with E-state index in [1.54, 1.807) is 0 Å². The SMILES string of the molecule is CCOc1ccc2c(c1)C(c1ccc(N(C)C)cc1)(c1ccc(N(C)C)cc1)SC(NC(=O)OC)=N2. The van der Waals surface area contributed by atoms with Gasteiger partial charge >= 0.3 is 6.09 Å². The van der Waals surface area contributed by atoms with Crippen molar-refractivity contribution in [2.75, 3.05) is 51.7 Å². The van der Waals surface area contributed by atoms with Crippen molar-refractivity contribution in [2.24, 2.45) is 4.99 Å². The number of aliphatic imine (C=N–C) groups is 1. The molecule has 0 unspecified atom stereocenters. The first-order chi connectivity index (χ1) is 17.3. The van der Waals surface area contributed by atoms with Crippen molar-refractivity contribution in [1.29, 1.82) is 0 Å². The molecule has 0 radical (unpaired) electrons. The molecular formula is C28H32N4O3S. The number of hydrogen-bond donors (Lipinski definition) is 1. The van der Waals surface area contributed by atoms with Gasteiger partial charge in [0.05, 0.1) is 19.4 Å². The fourth-order valence-electron chi connectivity index (χ4n) is 4.26. The van der Waals surface area contributed by atoms with Crippen LogP contribution in [0.25, 0.3) is 0 Å². The lowest BCUT2D eigenvalue weighted by molar-refractivity contribution is 0.177. The van der Waals surface area contributed by atoms with Gasteiger partial charge in [-0.15, -0.1) is 0 Å². The standard InChI is InChI=1S/C28H32N4O3S/c1-7-35-23-16-17-25-24(18-23)28(36-26(29-25)30-27(33)34-6,19-8-12-21(13-9-19)31(2)3)20-10-14-22(15-11-20)32(4)5/h8-18H,7H2,1-6H3,(H,29,30,33). The smallest absolute Gasteiger partial charge is 0.412 e. The normalized spacial score (nSPS) is 13.8. The van der Waals surface area contributed by atoms with E-state index in [9.17, 15) is 4.79 Å². The van der Waals surface area contributed by atoms with E-state index in [0.717, 1.165) is 39.5 Å². The first-order valence-corrected chi connectivity index (χ1v) is 12.6. The van der Waals surface area contributed by atoms with Crippen molar-refractivity contribution >= 4 is 40.1 Å². The second kappa shape index (κ2) is 10.5. The van der Waals surface area contributed by atoms with Gasteiger partial charge in [-0.05, 0) is 60.5 Å². The maximum absolute atomic E-state index is 12.2. The molecule has 0 bridgehead atoms. The van der Waals surface area contributed by atoms with Crippen LogP contribution in [0.1, 0.15) is 23.6 Å². The molecule has 1 N–H and O–H groups in total. The summed E-state index contributed by atoms with van der Waals surface area (Å²) < 4.78 is 10.1. The Hall–Kier alpha value is -3.65. The van der Waals surface area contributed by atoms with E-state index < -0.39 is 10.8 Å². The van der Waals surface area contributed by atoms with Crippen LogP contribution in [0.15, 0.2) is 71.7 Å². The molecule has 188 valence electrons. The van der Waals surface area contributed by atoms with Gasteiger partial charge in [-0.3, -0.25) is 5.32 Å². The lowest BCUT2D eigenvalue weighted by atomic mass is 9.82. The monoisotopic (exact) mass is 504 g/mol. The van der Waals surface area contributed by atoms with Crippen molar-refractivity contribution in [3.8, 4) is 5.75 Å². The van der Waals surface area contributed by atoms with Gasteiger partial charge in [0.15, 0.2) is 5.17 Å². The van der Waals surface area contributed by atoms with Crippen LogP contribution in [0.2, 0.25) is 0 Å². The predicted octanol–water partition coefficient (Wildman–Crippen LogP) is 5.60. The number of hydrogen-bond acceptors (Lipinski definition) is 7. The topological polar surface area (TPSA) is 66.4 Å². The van der Waals surface area contributed by atoms with Crippen molar-refractivity contribution in [2.45, 2.75) is 11.7 Å². The van der Waals surface area contributed by atoms with Gasteiger partial charge in [0.25, 0.3) is 0 Å². The van der Waals surface area contributed by atoms with Gasteiger partial charge in [-0.25, -0.2) is 9.79 Å². The molecule has 0 saturated heterocycles. The summed E-state index contributed by atoms with van der Waals surface area (Å²) in [6.45, 7) is 2.53. The summed E-state index contributed by atoms with van der Waals surface area (Å²) in [7, 11) is 9.44. The number of amides is 1. The molecule has 0 saturated carbocycles. The molecule has 1 aliphatic heterocycles. The van der Waals surface area contributed by atoms with E-state index >= 15 is 0 Å². The third-order valence-electron chi connectivity index (χ3n) is 6.10. The van der Waals surface area contributed by atoms with Gasteiger partial charge in [-0.1, -0.05) is 36.0 Å². The van der Waals surface area contributed by atoms with E-state index in [4.69, 9.17) is 14.5 Å². The molecule has 1 heterocycles. The van der Waals surface area contributed by atoms with Crippen LogP contribution in [-0.4, -0.2) is 53.2 Å². The number of methoxy groups -OCH3 is 1. The first-order valence-electron chi connectivity index (χ1n) is 11.7. The summed E-state index contributed by atoms with van der Waals surface area (Å²) in [6.07, 6.45) is -0.560. The molecule has 1 aliphatic rings. The van der Waals surface area contributed by atoms with Crippen LogP contribution in [0.5, 0.6) is 5.75 Å². The molecule has 7 nitrogen and oxygen atoms in total. The molecule has 0 aromatic heterocycles. The van der Waals surface area contributed by atoms with Crippen LogP contribution in [0.4, 0.5) is 21.9 Å². The highest BCUT2D eigenvalue weighted by Crippen LogP contribution is 2.55. The van der Waals surface area contributed by atoms with Gasteiger partial charge in [0.2, 0.25) is 0 Å². The molecule has 4 rings (SSSR count). The lowest BCUT2D eigenvalue weighted by Gasteiger charge is -2.39. The Morgan fingerprint density at radius 3 is 1.94 bits per heavy atom. The van der Waals surface area contributed by atoms with Crippen LogP contribution < -0.4 is 19.9 Å². The summed E-state index contributed by atoms with van der Waals surface area (Å²) in [5.41, 5.74) is 6.07. The number of nitrogens with one attached hydrogen (secondary N) is 1. The highest BCUT2D eigenvalue weighted by atomic mass is 32.2. The highest BCUT2D eigenvalue weighted by Gasteiger charge is 2.44. The molecule has 0 spiro atoms. The molecule has 3 aromatic rings. The summed E-state index contributed by atoms with van der Waals surface area (Å²) in [6, 6.07) is 22.9. The molecule has 0 atom stereocenters. The number of rotatable bonds is 6. The number of carbonyl (C=O) groups is 1. The molecular weight excluding hydrogens is 472 g/mol. The summed E-state index contributed by atoms with van der Waals surface area (Å²) in [4.78, 5) is 21.1. The van der Waals surface area contributed by atoms with Gasteiger partial charge in [-0.2, -0.15) is 0 Å². The fourth-order valence-corrected chi connectivity index (χ4v) is 5.61. The third-order valence-corrected chi connectivity index (χ3v) is 7.49. The third kappa shape index (κ3) is 4.86. The van der Waals surface area contributed by atoms with Crippen LogP contribution in [0.3, 0.4) is 0 Å². The molecule has 0 fully saturated rings. The van der Waals surface area contributed by atoms with E-state index in [0.29, 0.717) is 11.8 Å². The number of anilines is 2. The molecule has 3 aromatic carbocycles. The number of ether oxygens (including phenoxy) is 2. The van der Waals surface area contributed by atoms with Crippen LogP contribution in [-0.2, 0) is 9.48 Å². The maximum atomic E-state index is 12.2. The summed E-state index contributed by atoms with van der Waals surface area (Å²) >= 11 is 1.48. The van der Waals surface area contributed by atoms with Crippen LogP contribution in [0, 0.1) is 0 Å². The Labute approximate surface area is 217 Å². The average Bonchev–Trinajstić information content (AvgIpc) is 2.88. The zero-order valence-corrected chi connectivity index (χ0v) is 22.3. The Morgan fingerprint density at radius 2 is 1.47 bits per heavy atom. The number of amidine groups is 1. The van der Waals surface area contributed by atoms with Gasteiger partial charge in [0, 0.05) is 45.1 Å². The summed E-state index contributed by atoms with van der Waals surface area (Å²) in [5, 5.41) is 3.27. The van der Waals surface area contributed by atoms with E-state index in [1.807, 2.05) is 47.2 Å². The van der Waals surface area contributed by atoms with Gasteiger partial charge < -0.3 is 19.3 Å².